The van der Waals surface area contributed by atoms with Crippen molar-refractivity contribution in [2.75, 3.05) is 0 Å². The first kappa shape index (κ1) is 24.1. The van der Waals surface area contributed by atoms with Crippen LogP contribution in [0.4, 0.5) is 0 Å². The largest absolute Gasteiger partial charge is 0.481 e. The zero-order valence-electron chi connectivity index (χ0n) is 17.3. The highest BCUT2D eigenvalue weighted by atomic mass is 16.4. The summed E-state index contributed by atoms with van der Waals surface area (Å²) in [5, 5.41) is 39.8. The quantitative estimate of drug-likeness (QED) is 0.285. The van der Waals surface area contributed by atoms with Crippen molar-refractivity contribution in [1.82, 2.24) is 0 Å². The van der Waals surface area contributed by atoms with Gasteiger partial charge in [-0.2, -0.15) is 0 Å². The Hall–Kier alpha value is -0.910. The van der Waals surface area contributed by atoms with E-state index in [9.17, 15) is 20.1 Å². The van der Waals surface area contributed by atoms with E-state index in [1.807, 2.05) is 6.08 Å². The molecule has 0 bridgehead atoms. The van der Waals surface area contributed by atoms with Crippen LogP contribution in [0.3, 0.4) is 0 Å². The fourth-order valence-corrected chi connectivity index (χ4v) is 4.06. The summed E-state index contributed by atoms with van der Waals surface area (Å²) in [5.74, 6) is -0.882. The number of carboxylic acids is 1. The van der Waals surface area contributed by atoms with Gasteiger partial charge < -0.3 is 20.4 Å². The number of aliphatic hydroxyl groups excluding tert-OH is 3. The third-order valence-electron chi connectivity index (χ3n) is 6.08. The summed E-state index contributed by atoms with van der Waals surface area (Å²) in [7, 11) is 0. The van der Waals surface area contributed by atoms with Crippen LogP contribution >= 0.6 is 0 Å². The smallest absolute Gasteiger partial charge is 0.303 e. The first-order valence-corrected chi connectivity index (χ1v) is 10.6. The lowest BCUT2D eigenvalue weighted by atomic mass is 9.80. The van der Waals surface area contributed by atoms with E-state index in [4.69, 9.17) is 5.11 Å². The van der Waals surface area contributed by atoms with Crippen LogP contribution in [-0.4, -0.2) is 44.7 Å². The van der Waals surface area contributed by atoms with Gasteiger partial charge in [0.05, 0.1) is 18.3 Å². The molecule has 5 nitrogen and oxygen atoms in total. The lowest BCUT2D eigenvalue weighted by Gasteiger charge is -2.29. The average Bonchev–Trinajstić information content (AvgIpc) is 2.86. The van der Waals surface area contributed by atoms with E-state index in [0.717, 1.165) is 44.9 Å². The third-order valence-corrected chi connectivity index (χ3v) is 6.08. The van der Waals surface area contributed by atoms with Crippen LogP contribution in [0.25, 0.3) is 0 Å². The van der Waals surface area contributed by atoms with Gasteiger partial charge in [0.1, 0.15) is 0 Å². The zero-order chi connectivity index (χ0) is 20.4. The molecule has 1 aliphatic rings. The third kappa shape index (κ3) is 8.32. The summed E-state index contributed by atoms with van der Waals surface area (Å²) in [6.45, 7) is 6.26. The Balaban J connectivity index is 2.53. The molecule has 158 valence electrons. The molecule has 1 fully saturated rings. The molecule has 0 spiro atoms. The van der Waals surface area contributed by atoms with Crippen molar-refractivity contribution in [2.45, 2.75) is 103 Å². The Morgan fingerprint density at radius 3 is 2.41 bits per heavy atom. The number of unbranched alkanes of at least 4 members (excludes halogenated alkanes) is 4. The highest BCUT2D eigenvalue weighted by Gasteiger charge is 2.40. The van der Waals surface area contributed by atoms with Gasteiger partial charge in [0, 0.05) is 18.8 Å². The molecule has 4 N–H and O–H groups in total. The van der Waals surface area contributed by atoms with Crippen molar-refractivity contribution in [3.63, 3.8) is 0 Å². The highest BCUT2D eigenvalue weighted by molar-refractivity contribution is 5.66. The molecule has 5 atom stereocenters. The Morgan fingerprint density at radius 1 is 1.11 bits per heavy atom. The van der Waals surface area contributed by atoms with E-state index >= 15 is 0 Å². The van der Waals surface area contributed by atoms with Crippen LogP contribution in [-0.2, 0) is 4.79 Å². The van der Waals surface area contributed by atoms with Gasteiger partial charge >= 0.3 is 5.97 Å². The maximum atomic E-state index is 10.5. The van der Waals surface area contributed by atoms with Gasteiger partial charge in [-0.3, -0.25) is 4.79 Å². The predicted molar refractivity (Wildman–Crippen MR) is 107 cm³/mol. The maximum absolute atomic E-state index is 10.5. The molecule has 5 heteroatoms. The summed E-state index contributed by atoms with van der Waals surface area (Å²) < 4.78 is 0. The molecule has 1 aliphatic carbocycles. The summed E-state index contributed by atoms with van der Waals surface area (Å²) in [4.78, 5) is 10.5. The van der Waals surface area contributed by atoms with Gasteiger partial charge in [-0.25, -0.2) is 0 Å². The van der Waals surface area contributed by atoms with E-state index in [1.54, 1.807) is 6.08 Å². The van der Waals surface area contributed by atoms with Gasteiger partial charge in [0.2, 0.25) is 0 Å². The van der Waals surface area contributed by atoms with E-state index in [2.05, 4.69) is 20.8 Å². The van der Waals surface area contributed by atoms with E-state index in [-0.39, 0.29) is 23.7 Å². The fourth-order valence-electron chi connectivity index (χ4n) is 4.06. The molecule has 0 amide bonds. The number of carboxylic acid groups (broad SMARTS) is 1. The minimum atomic E-state index is -0.755. The maximum Gasteiger partial charge on any atom is 0.303 e. The zero-order valence-corrected chi connectivity index (χ0v) is 17.3. The molecule has 0 heterocycles. The summed E-state index contributed by atoms with van der Waals surface area (Å²) in [5.41, 5.74) is -0.200. The van der Waals surface area contributed by atoms with Crippen molar-refractivity contribution in [3.8, 4) is 0 Å². The number of carbonyl (C=O) groups is 1. The van der Waals surface area contributed by atoms with Crippen molar-refractivity contribution in [1.29, 1.82) is 0 Å². The Kier molecular flexibility index (Phi) is 10.6. The monoisotopic (exact) mass is 384 g/mol. The molecule has 0 aromatic carbocycles. The first-order valence-electron chi connectivity index (χ1n) is 10.6. The Bertz CT molecular complexity index is 460. The number of rotatable bonds is 13. The first-order chi connectivity index (χ1) is 12.7. The second-order valence-electron chi connectivity index (χ2n) is 8.88. The predicted octanol–water partition coefficient (Wildman–Crippen LogP) is 3.90. The molecule has 5 unspecified atom stereocenters. The van der Waals surface area contributed by atoms with E-state index < -0.39 is 24.3 Å². The number of aliphatic hydroxyl groups is 3. The minimum Gasteiger partial charge on any atom is -0.481 e. The topological polar surface area (TPSA) is 98.0 Å². The molecule has 0 radical (unpaired) electrons. The lowest BCUT2D eigenvalue weighted by molar-refractivity contribution is -0.137. The summed E-state index contributed by atoms with van der Waals surface area (Å²) >= 11 is 0. The van der Waals surface area contributed by atoms with Crippen molar-refractivity contribution >= 4 is 5.97 Å². The fraction of sp³-hybridized carbons (Fsp3) is 0.864. The van der Waals surface area contributed by atoms with Gasteiger partial charge in [-0.15, -0.1) is 0 Å². The van der Waals surface area contributed by atoms with Crippen LogP contribution in [0.5, 0.6) is 0 Å². The number of hydrogen-bond donors (Lipinski definition) is 4. The summed E-state index contributed by atoms with van der Waals surface area (Å²) in [6.07, 6.45) is 10.0. The van der Waals surface area contributed by atoms with E-state index in [0.29, 0.717) is 12.8 Å². The van der Waals surface area contributed by atoms with Gasteiger partial charge in [0.25, 0.3) is 0 Å². The van der Waals surface area contributed by atoms with Crippen LogP contribution in [0, 0.1) is 17.3 Å². The number of hydrogen-bond acceptors (Lipinski definition) is 4. The van der Waals surface area contributed by atoms with Crippen molar-refractivity contribution in [2.24, 2.45) is 17.3 Å². The molecule has 1 saturated carbocycles. The molecule has 1 rings (SSSR count). The normalized spacial score (nSPS) is 27.3. The second-order valence-corrected chi connectivity index (χ2v) is 8.88. The molecule has 0 aliphatic heterocycles. The molecule has 0 aromatic heterocycles. The van der Waals surface area contributed by atoms with Crippen LogP contribution in [0.15, 0.2) is 12.2 Å². The summed E-state index contributed by atoms with van der Waals surface area (Å²) in [6, 6.07) is 0. The van der Waals surface area contributed by atoms with Gasteiger partial charge in [-0.05, 0) is 30.6 Å². The SMILES string of the molecule is CCCCC(C)(C)C(O)C=CC1C(O)CC(O)C1CCCCCCC(=O)O. The molecular formula is C22H40O5. The van der Waals surface area contributed by atoms with Crippen LogP contribution < -0.4 is 0 Å². The second kappa shape index (κ2) is 11.8. The standard InChI is InChI=1S/C22H40O5/c1-4-5-14-22(2,3)20(25)13-12-17-16(18(23)15-19(17)24)10-8-6-7-9-11-21(26)27/h12-13,16-20,23-25H,4-11,14-15H2,1-3H3,(H,26,27). The Labute approximate surface area is 164 Å². The highest BCUT2D eigenvalue weighted by Crippen LogP contribution is 2.38. The Morgan fingerprint density at radius 2 is 1.78 bits per heavy atom. The van der Waals surface area contributed by atoms with Crippen LogP contribution in [0.1, 0.15) is 85.0 Å². The van der Waals surface area contributed by atoms with Crippen molar-refractivity contribution < 1.29 is 25.2 Å². The average molecular weight is 385 g/mol. The van der Waals surface area contributed by atoms with Crippen molar-refractivity contribution in [3.05, 3.63) is 12.2 Å². The minimum absolute atomic E-state index is 0.00155. The lowest BCUT2D eigenvalue weighted by Crippen LogP contribution is -2.28. The molecular weight excluding hydrogens is 344 g/mol. The van der Waals surface area contributed by atoms with Gasteiger partial charge in [-0.1, -0.05) is 65.0 Å². The molecule has 0 saturated heterocycles. The van der Waals surface area contributed by atoms with Crippen LogP contribution in [0.2, 0.25) is 0 Å². The molecule has 0 aromatic rings. The van der Waals surface area contributed by atoms with E-state index in [1.165, 1.54) is 0 Å². The number of aliphatic carboxylic acids is 1. The van der Waals surface area contributed by atoms with Gasteiger partial charge in [0.15, 0.2) is 0 Å². The molecule has 27 heavy (non-hydrogen) atoms.